The lowest BCUT2D eigenvalue weighted by atomic mass is 9.98. The van der Waals surface area contributed by atoms with Crippen molar-refractivity contribution in [1.29, 1.82) is 0 Å². The first-order valence-electron chi connectivity index (χ1n) is 5.23. The Balaban J connectivity index is 2.09. The molecule has 74 valence electrons. The average molecular weight is 198 g/mol. The number of hydrogen-bond acceptors (Lipinski definition) is 2. The lowest BCUT2D eigenvalue weighted by Crippen LogP contribution is -2.12. The first-order chi connectivity index (χ1) is 7.43. The van der Waals surface area contributed by atoms with Crippen molar-refractivity contribution < 1.29 is 9.47 Å². The van der Waals surface area contributed by atoms with Gasteiger partial charge >= 0.3 is 0 Å². The van der Waals surface area contributed by atoms with Crippen LogP contribution in [0.4, 0.5) is 0 Å². The predicted molar refractivity (Wildman–Crippen MR) is 57.1 cm³/mol. The van der Waals surface area contributed by atoms with E-state index in [1.54, 1.807) is 0 Å². The summed E-state index contributed by atoms with van der Waals surface area (Å²) in [5.74, 6) is 0.993. The third kappa shape index (κ3) is 0.972. The van der Waals surface area contributed by atoms with Crippen molar-refractivity contribution in [3.05, 3.63) is 42.0 Å². The molecule has 2 nitrogen and oxygen atoms in total. The zero-order chi connectivity index (χ0) is 9.83. The number of fused-ring (bicyclic) bond motifs is 5. The molecule has 0 bridgehead atoms. The fraction of sp³-hybridized carbons (Fsp3) is 0.231. The topological polar surface area (TPSA) is 21.8 Å². The smallest absolute Gasteiger partial charge is 0.125 e. The second-order valence-corrected chi connectivity index (χ2v) is 4.10. The third-order valence-corrected chi connectivity index (χ3v) is 3.20. The Labute approximate surface area is 87.4 Å². The molecule has 0 aliphatic carbocycles. The summed E-state index contributed by atoms with van der Waals surface area (Å²) in [5.41, 5.74) is 1.24. The van der Waals surface area contributed by atoms with Gasteiger partial charge in [0.05, 0.1) is 0 Å². The molecule has 1 saturated heterocycles. The van der Waals surface area contributed by atoms with Crippen LogP contribution in [0.2, 0.25) is 0 Å². The first-order valence-corrected chi connectivity index (χ1v) is 5.23. The molecule has 2 heterocycles. The van der Waals surface area contributed by atoms with Gasteiger partial charge in [0.2, 0.25) is 0 Å². The highest BCUT2D eigenvalue weighted by atomic mass is 16.6. The highest BCUT2D eigenvalue weighted by molar-refractivity contribution is 5.88. The van der Waals surface area contributed by atoms with Gasteiger partial charge in [-0.15, -0.1) is 0 Å². The van der Waals surface area contributed by atoms with E-state index >= 15 is 0 Å². The van der Waals surface area contributed by atoms with E-state index in [1.807, 2.05) is 0 Å². The number of epoxide rings is 1. The highest BCUT2D eigenvalue weighted by Crippen LogP contribution is 2.49. The van der Waals surface area contributed by atoms with Crippen molar-refractivity contribution in [2.45, 2.75) is 12.2 Å². The Morgan fingerprint density at radius 3 is 3.00 bits per heavy atom. The van der Waals surface area contributed by atoms with Gasteiger partial charge in [-0.1, -0.05) is 30.3 Å². The molecule has 2 aromatic rings. The molecule has 0 aromatic heterocycles. The van der Waals surface area contributed by atoms with Gasteiger partial charge in [-0.3, -0.25) is 0 Å². The van der Waals surface area contributed by atoms with Crippen LogP contribution >= 0.6 is 0 Å². The number of rotatable bonds is 0. The van der Waals surface area contributed by atoms with Crippen LogP contribution in [0.5, 0.6) is 5.75 Å². The number of hydrogen-bond donors (Lipinski definition) is 0. The van der Waals surface area contributed by atoms with E-state index in [-0.39, 0.29) is 6.10 Å². The molecule has 2 unspecified atom stereocenters. The molecular weight excluding hydrogens is 188 g/mol. The summed E-state index contributed by atoms with van der Waals surface area (Å²) in [6, 6.07) is 12.5. The zero-order valence-electron chi connectivity index (χ0n) is 8.14. The van der Waals surface area contributed by atoms with E-state index in [4.69, 9.17) is 9.47 Å². The van der Waals surface area contributed by atoms with Crippen molar-refractivity contribution in [2.24, 2.45) is 0 Å². The molecule has 0 spiro atoms. The molecule has 0 amide bonds. The van der Waals surface area contributed by atoms with Gasteiger partial charge < -0.3 is 9.47 Å². The first kappa shape index (κ1) is 7.71. The van der Waals surface area contributed by atoms with Crippen LogP contribution in [0, 0.1) is 0 Å². The molecule has 0 saturated carbocycles. The molecule has 15 heavy (non-hydrogen) atoms. The zero-order valence-corrected chi connectivity index (χ0v) is 8.14. The highest BCUT2D eigenvalue weighted by Gasteiger charge is 2.46. The van der Waals surface area contributed by atoms with Crippen LogP contribution in [0.25, 0.3) is 10.8 Å². The van der Waals surface area contributed by atoms with Crippen LogP contribution in [-0.2, 0) is 4.74 Å². The maximum absolute atomic E-state index is 5.66. The molecule has 0 N–H and O–H groups in total. The van der Waals surface area contributed by atoms with Crippen LogP contribution in [0.15, 0.2) is 36.4 Å². The van der Waals surface area contributed by atoms with Gasteiger partial charge in [-0.25, -0.2) is 0 Å². The van der Waals surface area contributed by atoms with Crippen LogP contribution in [-0.4, -0.2) is 12.7 Å². The summed E-state index contributed by atoms with van der Waals surface area (Å²) in [6.07, 6.45) is 0.572. The van der Waals surface area contributed by atoms with Crippen molar-refractivity contribution >= 4 is 10.8 Å². The Morgan fingerprint density at radius 2 is 2.00 bits per heavy atom. The Morgan fingerprint density at radius 1 is 1.07 bits per heavy atom. The van der Waals surface area contributed by atoms with E-state index in [2.05, 4.69) is 36.4 Å². The SMILES string of the molecule is c1ccc2c3c(ccc2c1)OCC1OC31. The largest absolute Gasteiger partial charge is 0.490 e. The van der Waals surface area contributed by atoms with Gasteiger partial charge in [-0.2, -0.15) is 0 Å². The standard InChI is InChI=1S/C13H10O2/c1-2-4-9-8(3-1)5-6-10-12(9)13-11(15-13)7-14-10/h1-6,11,13H,7H2. The van der Waals surface area contributed by atoms with Gasteiger partial charge in [0.15, 0.2) is 0 Å². The Kier molecular flexibility index (Phi) is 1.30. The minimum absolute atomic E-state index is 0.278. The van der Waals surface area contributed by atoms with Gasteiger partial charge in [0.1, 0.15) is 24.6 Å². The van der Waals surface area contributed by atoms with Gasteiger partial charge in [0, 0.05) is 5.56 Å². The average Bonchev–Trinajstić information content (AvgIpc) is 3.07. The summed E-state index contributed by atoms with van der Waals surface area (Å²) < 4.78 is 11.2. The summed E-state index contributed by atoms with van der Waals surface area (Å²) in [7, 11) is 0. The summed E-state index contributed by atoms with van der Waals surface area (Å²) in [5, 5.41) is 2.53. The van der Waals surface area contributed by atoms with Crippen LogP contribution in [0.3, 0.4) is 0 Å². The van der Waals surface area contributed by atoms with Crippen molar-refractivity contribution in [3.63, 3.8) is 0 Å². The van der Waals surface area contributed by atoms with E-state index < -0.39 is 0 Å². The van der Waals surface area contributed by atoms with Crippen molar-refractivity contribution in [2.75, 3.05) is 6.61 Å². The predicted octanol–water partition coefficient (Wildman–Crippen LogP) is 2.67. The lowest BCUT2D eigenvalue weighted by Gasteiger charge is -2.15. The van der Waals surface area contributed by atoms with E-state index in [0.29, 0.717) is 12.7 Å². The van der Waals surface area contributed by atoms with Crippen LogP contribution < -0.4 is 4.74 Å². The van der Waals surface area contributed by atoms with Crippen LogP contribution in [0.1, 0.15) is 11.7 Å². The summed E-state index contributed by atoms with van der Waals surface area (Å²) in [4.78, 5) is 0. The molecule has 2 aliphatic heterocycles. The van der Waals surface area contributed by atoms with E-state index in [0.717, 1.165) is 5.75 Å². The lowest BCUT2D eigenvalue weighted by molar-refractivity contribution is 0.268. The molecule has 2 heteroatoms. The quantitative estimate of drug-likeness (QED) is 0.607. The maximum atomic E-state index is 5.66. The van der Waals surface area contributed by atoms with Gasteiger partial charge in [0.25, 0.3) is 0 Å². The van der Waals surface area contributed by atoms with E-state index in [1.165, 1.54) is 16.3 Å². The monoisotopic (exact) mass is 198 g/mol. The minimum Gasteiger partial charge on any atom is -0.490 e. The Bertz CT molecular complexity index is 547. The molecule has 1 fully saturated rings. The van der Waals surface area contributed by atoms with Gasteiger partial charge in [-0.05, 0) is 16.8 Å². The van der Waals surface area contributed by atoms with Crippen molar-refractivity contribution in [1.82, 2.24) is 0 Å². The summed E-state index contributed by atoms with van der Waals surface area (Å²) >= 11 is 0. The molecule has 0 radical (unpaired) electrons. The molecular formula is C13H10O2. The molecule has 2 aromatic carbocycles. The molecule has 4 rings (SSSR count). The molecule has 2 aliphatic rings. The minimum atomic E-state index is 0.278. The third-order valence-electron chi connectivity index (χ3n) is 3.20. The Hall–Kier alpha value is -1.54. The van der Waals surface area contributed by atoms with Crippen molar-refractivity contribution in [3.8, 4) is 5.75 Å². The fourth-order valence-electron chi connectivity index (χ4n) is 2.39. The second-order valence-electron chi connectivity index (χ2n) is 4.10. The van der Waals surface area contributed by atoms with E-state index in [9.17, 15) is 0 Å². The molecule has 2 atom stereocenters. The summed E-state index contributed by atoms with van der Waals surface area (Å²) in [6.45, 7) is 0.704. The maximum Gasteiger partial charge on any atom is 0.125 e. The second kappa shape index (κ2) is 2.52. The number of benzene rings is 2. The number of ether oxygens (including phenoxy) is 2. The normalized spacial score (nSPS) is 26.7. The fourth-order valence-corrected chi connectivity index (χ4v) is 2.39.